The van der Waals surface area contributed by atoms with Gasteiger partial charge in [-0.1, -0.05) is 120 Å². The number of hydrogen-bond acceptors (Lipinski definition) is 15. The van der Waals surface area contributed by atoms with Gasteiger partial charge in [0.05, 0.1) is 0 Å². The predicted octanol–water partition coefficient (Wildman–Crippen LogP) is 10.4. The van der Waals surface area contributed by atoms with Crippen LogP contribution in [0, 0.1) is 0 Å². The topological polar surface area (TPSA) is 166 Å². The van der Waals surface area contributed by atoms with Crippen molar-refractivity contribution in [3.8, 4) is 0 Å². The Kier molecular flexibility index (Phi) is 19.4. The molecule has 0 aliphatic heterocycles. The van der Waals surface area contributed by atoms with Gasteiger partial charge in [-0.15, -0.1) is 0 Å². The zero-order chi connectivity index (χ0) is 42.7. The van der Waals surface area contributed by atoms with Gasteiger partial charge in [0, 0.05) is 71.1 Å². The Labute approximate surface area is 385 Å². The van der Waals surface area contributed by atoms with Crippen LogP contribution in [0.2, 0.25) is 15.1 Å². The summed E-state index contributed by atoms with van der Waals surface area (Å²) in [4.78, 5) is 42.9. The number of nitrogens with two attached hydrogens (primary N) is 1. The third-order valence-electron chi connectivity index (χ3n) is 8.95. The minimum Gasteiger partial charge on any atom is -0.354 e. The fraction of sp³-hybridized carbons (Fsp3) is 0.372. The van der Waals surface area contributed by atoms with Crippen LogP contribution < -0.4 is 16.4 Å². The molecule has 12 nitrogen and oxygen atoms in total. The van der Waals surface area contributed by atoms with Crippen LogP contribution in [0.3, 0.4) is 0 Å². The lowest BCUT2D eigenvalue weighted by Gasteiger charge is -2.11. The lowest BCUT2D eigenvalue weighted by Crippen LogP contribution is -2.13. The maximum atomic E-state index is 6.13. The quantitative estimate of drug-likeness (QED) is 0.0366. The average Bonchev–Trinajstić information content (AvgIpc) is 3.27. The summed E-state index contributed by atoms with van der Waals surface area (Å²) in [5, 5.41) is 11.0. The SMILES string of the molecule is CCCCc1nc(CCCNc2nc(CCCNc3nc(CCCN)nc(SCc4ccc(Cl)cc4)n3)nc(SCc3ccc(Cl)cc3)n2)nc(SCc2ccc(Cl)cc2)n1. The van der Waals surface area contributed by atoms with E-state index in [0.717, 1.165) is 83.1 Å². The van der Waals surface area contributed by atoms with E-state index in [4.69, 9.17) is 80.4 Å². The van der Waals surface area contributed by atoms with E-state index in [9.17, 15) is 0 Å². The van der Waals surface area contributed by atoms with Crippen LogP contribution in [-0.4, -0.2) is 64.5 Å². The number of nitrogens with one attached hydrogen (secondary N) is 2. The molecule has 0 bridgehead atoms. The van der Waals surface area contributed by atoms with Gasteiger partial charge in [-0.25, -0.2) is 24.9 Å². The molecule has 0 aliphatic rings. The van der Waals surface area contributed by atoms with Crippen LogP contribution in [0.15, 0.2) is 88.3 Å². The summed E-state index contributed by atoms with van der Waals surface area (Å²) < 4.78 is 0. The highest BCUT2D eigenvalue weighted by Gasteiger charge is 2.12. The zero-order valence-corrected chi connectivity index (χ0v) is 38.7. The molecule has 0 aliphatic carbocycles. The number of unbranched alkanes of at least 4 members (excludes halogenated alkanes) is 1. The largest absolute Gasteiger partial charge is 0.354 e. The molecule has 3 aromatic heterocycles. The molecule has 0 amide bonds. The first-order chi connectivity index (χ1) is 29.8. The molecule has 0 unspecified atom stereocenters. The minimum absolute atomic E-state index is 0.541. The highest BCUT2D eigenvalue weighted by Crippen LogP contribution is 2.25. The number of nitrogens with zero attached hydrogens (tertiary/aromatic N) is 9. The van der Waals surface area contributed by atoms with Crippen LogP contribution in [0.4, 0.5) is 11.9 Å². The Morgan fingerprint density at radius 3 is 1.16 bits per heavy atom. The molecule has 0 saturated carbocycles. The first-order valence-corrected chi connectivity index (χ1v) is 24.4. The number of aryl methyl sites for hydroxylation is 4. The van der Waals surface area contributed by atoms with E-state index < -0.39 is 0 Å². The summed E-state index contributed by atoms with van der Waals surface area (Å²) in [5.41, 5.74) is 9.23. The van der Waals surface area contributed by atoms with Crippen molar-refractivity contribution in [3.63, 3.8) is 0 Å². The van der Waals surface area contributed by atoms with E-state index in [2.05, 4.69) is 22.5 Å². The van der Waals surface area contributed by atoms with Gasteiger partial charge in [0.1, 0.15) is 23.3 Å². The highest BCUT2D eigenvalue weighted by atomic mass is 35.5. The van der Waals surface area contributed by atoms with Crippen molar-refractivity contribution in [2.24, 2.45) is 5.73 Å². The summed E-state index contributed by atoms with van der Waals surface area (Å²) in [5.74, 6) is 6.31. The van der Waals surface area contributed by atoms with Crippen LogP contribution in [0.25, 0.3) is 0 Å². The smallest absolute Gasteiger partial charge is 0.226 e. The van der Waals surface area contributed by atoms with E-state index in [1.54, 1.807) is 35.3 Å². The fourth-order valence-corrected chi connectivity index (χ4v) is 8.54. The number of benzene rings is 3. The van der Waals surface area contributed by atoms with Gasteiger partial charge < -0.3 is 16.4 Å². The fourth-order valence-electron chi connectivity index (χ4n) is 5.71. The van der Waals surface area contributed by atoms with E-state index >= 15 is 0 Å². The second-order valence-electron chi connectivity index (χ2n) is 14.0. The van der Waals surface area contributed by atoms with Gasteiger partial charge >= 0.3 is 0 Å². The molecule has 6 aromatic rings. The monoisotopic (exact) mass is 934 g/mol. The normalized spacial score (nSPS) is 11.2. The molecule has 0 saturated heterocycles. The maximum Gasteiger partial charge on any atom is 0.226 e. The summed E-state index contributed by atoms with van der Waals surface area (Å²) in [6.07, 6.45) is 7.27. The van der Waals surface area contributed by atoms with Crippen LogP contribution in [-0.2, 0) is 42.9 Å². The van der Waals surface area contributed by atoms with Crippen LogP contribution >= 0.6 is 70.1 Å². The van der Waals surface area contributed by atoms with Crippen molar-refractivity contribution in [2.75, 3.05) is 30.3 Å². The molecule has 0 atom stereocenters. The first kappa shape index (κ1) is 46.7. The van der Waals surface area contributed by atoms with Crippen molar-refractivity contribution in [1.29, 1.82) is 0 Å². The Balaban J connectivity index is 1.07. The molecule has 4 N–H and O–H groups in total. The zero-order valence-electron chi connectivity index (χ0n) is 34.0. The molecule has 6 rings (SSSR count). The molecule has 3 aromatic carbocycles. The standard InChI is InChI=1S/C43H49Cl3N12S3/c1-2-3-7-35-50-36(54-41(53-35)59-26-29-11-17-32(44)18-12-29)9-5-24-48-40-52-38(56-43(58-40)61-28-31-15-21-34(46)22-16-31)10-6-25-49-39-51-37(8-4-23-47)55-42(57-39)60-27-30-13-19-33(45)20-14-30/h11-22H,2-10,23-28,47H2,1H3,(H,48,52,56,58)(H,49,51,55,57). The molecule has 0 radical (unpaired) electrons. The van der Waals surface area contributed by atoms with Gasteiger partial charge in [-0.3, -0.25) is 0 Å². The first-order valence-electron chi connectivity index (χ1n) is 20.3. The Bertz CT molecular complexity index is 2130. The van der Waals surface area contributed by atoms with E-state index in [-0.39, 0.29) is 0 Å². The average molecular weight is 937 g/mol. The third kappa shape index (κ3) is 16.8. The Hall–Kier alpha value is -3.83. The van der Waals surface area contributed by atoms with Crippen molar-refractivity contribution >= 4 is 82.0 Å². The molecule has 0 fully saturated rings. The van der Waals surface area contributed by atoms with E-state index in [1.165, 1.54) is 5.56 Å². The van der Waals surface area contributed by atoms with E-state index in [1.807, 2.05) is 72.8 Å². The molecule has 0 spiro atoms. The molecule has 18 heteroatoms. The number of anilines is 2. The summed E-state index contributed by atoms with van der Waals surface area (Å²) in [6, 6.07) is 23.5. The third-order valence-corrected chi connectivity index (χ3v) is 12.5. The predicted molar refractivity (Wildman–Crippen MR) is 252 cm³/mol. The number of thioether (sulfide) groups is 3. The second-order valence-corrected chi connectivity index (χ2v) is 18.1. The lowest BCUT2D eigenvalue weighted by atomic mass is 10.2. The summed E-state index contributed by atoms with van der Waals surface area (Å²) >= 11 is 23.0. The molecule has 61 heavy (non-hydrogen) atoms. The maximum absolute atomic E-state index is 6.13. The van der Waals surface area contributed by atoms with Crippen LogP contribution in [0.1, 0.15) is 79.0 Å². The number of rotatable bonds is 25. The number of hydrogen-bond donors (Lipinski definition) is 3. The van der Waals surface area contributed by atoms with Gasteiger partial charge in [-0.05, 0) is 85.3 Å². The number of halogens is 3. The summed E-state index contributed by atoms with van der Waals surface area (Å²) in [7, 11) is 0. The molecular formula is C43H49Cl3N12S3. The highest BCUT2D eigenvalue weighted by molar-refractivity contribution is 7.98. The van der Waals surface area contributed by atoms with Gasteiger partial charge in [0.2, 0.25) is 11.9 Å². The van der Waals surface area contributed by atoms with Crippen LogP contribution in [0.5, 0.6) is 0 Å². The van der Waals surface area contributed by atoms with Crippen molar-refractivity contribution in [3.05, 3.63) is 128 Å². The van der Waals surface area contributed by atoms with Gasteiger partial charge in [-0.2, -0.15) is 19.9 Å². The summed E-state index contributed by atoms with van der Waals surface area (Å²) in [6.45, 7) is 4.00. The van der Waals surface area contributed by atoms with Gasteiger partial charge in [0.15, 0.2) is 15.5 Å². The molecule has 320 valence electrons. The Morgan fingerprint density at radius 2 is 0.787 bits per heavy atom. The Morgan fingerprint density at radius 1 is 0.443 bits per heavy atom. The van der Waals surface area contributed by atoms with Gasteiger partial charge in [0.25, 0.3) is 0 Å². The van der Waals surface area contributed by atoms with Crippen molar-refractivity contribution in [1.82, 2.24) is 44.9 Å². The minimum atomic E-state index is 0.541. The molecular weight excluding hydrogens is 887 g/mol. The van der Waals surface area contributed by atoms with Crippen molar-refractivity contribution in [2.45, 2.75) is 97.4 Å². The molecule has 3 heterocycles. The van der Waals surface area contributed by atoms with Crippen molar-refractivity contribution < 1.29 is 0 Å². The number of aromatic nitrogens is 9. The van der Waals surface area contributed by atoms with E-state index in [0.29, 0.717) is 88.5 Å². The lowest BCUT2D eigenvalue weighted by molar-refractivity contribution is 0.679. The second kappa shape index (κ2) is 25.3.